The molecular formula is C24H37N5O3. The van der Waals surface area contributed by atoms with Crippen LogP contribution < -0.4 is 0 Å². The normalized spacial score (nSPS) is 12.3. The summed E-state index contributed by atoms with van der Waals surface area (Å²) in [5.74, 6) is 0.0798. The average molecular weight is 444 g/mol. The SMILES string of the molecule is CN(CCN(Cc1ccccn1)Cc1ccccn1)CC(=O)N(C)CCCCC(O)CO. The molecule has 2 rings (SSSR count). The van der Waals surface area contributed by atoms with Crippen molar-refractivity contribution < 1.29 is 15.0 Å². The summed E-state index contributed by atoms with van der Waals surface area (Å²) in [4.78, 5) is 27.5. The lowest BCUT2D eigenvalue weighted by atomic mass is 10.1. The molecule has 0 aliphatic heterocycles. The number of amides is 1. The number of nitrogens with zero attached hydrogens (tertiary/aromatic N) is 5. The Morgan fingerprint density at radius 2 is 1.56 bits per heavy atom. The second-order valence-corrected chi connectivity index (χ2v) is 8.24. The molecule has 0 fully saturated rings. The van der Waals surface area contributed by atoms with E-state index in [2.05, 4.69) is 14.9 Å². The van der Waals surface area contributed by atoms with E-state index in [0.29, 0.717) is 19.5 Å². The van der Waals surface area contributed by atoms with Gasteiger partial charge in [-0.15, -0.1) is 0 Å². The zero-order valence-corrected chi connectivity index (χ0v) is 19.3. The Morgan fingerprint density at radius 1 is 0.938 bits per heavy atom. The third-order valence-corrected chi connectivity index (χ3v) is 5.34. The molecule has 0 aliphatic carbocycles. The number of carbonyl (C=O) groups is 1. The van der Waals surface area contributed by atoms with Gasteiger partial charge in [-0.25, -0.2) is 0 Å². The summed E-state index contributed by atoms with van der Waals surface area (Å²) in [6.07, 6.45) is 5.10. The van der Waals surface area contributed by atoms with Crippen LogP contribution in [0.3, 0.4) is 0 Å². The van der Waals surface area contributed by atoms with E-state index >= 15 is 0 Å². The molecular weight excluding hydrogens is 406 g/mol. The summed E-state index contributed by atoms with van der Waals surface area (Å²) >= 11 is 0. The van der Waals surface area contributed by atoms with Crippen molar-refractivity contribution >= 4 is 5.91 Å². The minimum absolute atomic E-state index is 0.0798. The molecule has 1 amide bonds. The number of hydrogen-bond donors (Lipinski definition) is 2. The van der Waals surface area contributed by atoms with Gasteiger partial charge in [0.25, 0.3) is 0 Å². The first-order valence-electron chi connectivity index (χ1n) is 11.2. The largest absolute Gasteiger partial charge is 0.394 e. The van der Waals surface area contributed by atoms with Crippen LogP contribution in [0.1, 0.15) is 30.7 Å². The Balaban J connectivity index is 1.79. The number of likely N-dealkylation sites (N-methyl/N-ethyl adjacent to an activating group) is 2. The van der Waals surface area contributed by atoms with Gasteiger partial charge >= 0.3 is 0 Å². The van der Waals surface area contributed by atoms with Gasteiger partial charge in [-0.2, -0.15) is 0 Å². The van der Waals surface area contributed by atoms with Gasteiger partial charge in [-0.05, 0) is 50.6 Å². The van der Waals surface area contributed by atoms with Gasteiger partial charge in [0.05, 0.1) is 30.6 Å². The highest BCUT2D eigenvalue weighted by Crippen LogP contribution is 2.07. The number of aliphatic hydroxyl groups excluding tert-OH is 2. The second kappa shape index (κ2) is 14.6. The predicted molar refractivity (Wildman–Crippen MR) is 125 cm³/mol. The maximum atomic E-state index is 12.5. The highest BCUT2D eigenvalue weighted by Gasteiger charge is 2.14. The number of carbonyl (C=O) groups excluding carboxylic acids is 1. The average Bonchev–Trinajstić information content (AvgIpc) is 2.81. The molecule has 8 nitrogen and oxygen atoms in total. The van der Waals surface area contributed by atoms with Crippen LogP contribution in [0.5, 0.6) is 0 Å². The Labute approximate surface area is 191 Å². The van der Waals surface area contributed by atoms with Crippen molar-refractivity contribution in [2.45, 2.75) is 38.5 Å². The van der Waals surface area contributed by atoms with Crippen LogP contribution in [-0.2, 0) is 17.9 Å². The lowest BCUT2D eigenvalue weighted by molar-refractivity contribution is -0.130. The van der Waals surface area contributed by atoms with Crippen LogP contribution in [0.25, 0.3) is 0 Å². The predicted octanol–water partition coefficient (Wildman–Crippen LogP) is 1.39. The summed E-state index contributed by atoms with van der Waals surface area (Å²) in [7, 11) is 3.77. The highest BCUT2D eigenvalue weighted by molar-refractivity contribution is 5.77. The fraction of sp³-hybridized carbons (Fsp3) is 0.542. The van der Waals surface area contributed by atoms with Gasteiger partial charge in [0.2, 0.25) is 5.91 Å². The lowest BCUT2D eigenvalue weighted by Gasteiger charge is -2.26. The minimum atomic E-state index is -0.665. The smallest absolute Gasteiger partial charge is 0.236 e. The molecule has 2 heterocycles. The first-order valence-corrected chi connectivity index (χ1v) is 11.2. The fourth-order valence-corrected chi connectivity index (χ4v) is 3.34. The molecule has 0 aliphatic rings. The fourth-order valence-electron chi connectivity index (χ4n) is 3.34. The van der Waals surface area contributed by atoms with E-state index in [4.69, 9.17) is 5.11 Å². The van der Waals surface area contributed by atoms with E-state index in [-0.39, 0.29) is 12.5 Å². The molecule has 176 valence electrons. The number of rotatable bonds is 15. The van der Waals surface area contributed by atoms with Gasteiger partial charge in [0.1, 0.15) is 0 Å². The van der Waals surface area contributed by atoms with Gasteiger partial charge in [0.15, 0.2) is 0 Å². The van der Waals surface area contributed by atoms with E-state index in [1.165, 1.54) is 0 Å². The van der Waals surface area contributed by atoms with Crippen molar-refractivity contribution in [2.75, 3.05) is 46.9 Å². The maximum absolute atomic E-state index is 12.5. The number of aromatic nitrogens is 2. The van der Waals surface area contributed by atoms with E-state index in [1.807, 2.05) is 55.4 Å². The molecule has 2 aromatic rings. The summed E-state index contributed by atoms with van der Waals surface area (Å²) in [5.41, 5.74) is 2.02. The third-order valence-electron chi connectivity index (χ3n) is 5.34. The monoisotopic (exact) mass is 443 g/mol. The van der Waals surface area contributed by atoms with Crippen LogP contribution in [0.2, 0.25) is 0 Å². The molecule has 0 radical (unpaired) electrons. The molecule has 32 heavy (non-hydrogen) atoms. The highest BCUT2D eigenvalue weighted by atomic mass is 16.3. The molecule has 2 N–H and O–H groups in total. The Bertz CT molecular complexity index is 721. The van der Waals surface area contributed by atoms with Crippen molar-refractivity contribution in [1.29, 1.82) is 0 Å². The Hall–Kier alpha value is -2.39. The number of hydrogen-bond acceptors (Lipinski definition) is 7. The van der Waals surface area contributed by atoms with Crippen LogP contribution in [0, 0.1) is 0 Å². The standard InChI is InChI=1S/C24H37N5O3/c1-27(19-24(32)28(2)14-8-5-11-23(31)20-30)15-16-29(17-21-9-3-6-12-25-21)18-22-10-4-7-13-26-22/h3-4,6-7,9-10,12-13,23,30-31H,5,8,11,14-20H2,1-2H3. The van der Waals surface area contributed by atoms with Crippen molar-refractivity contribution in [3.63, 3.8) is 0 Å². The topological polar surface area (TPSA) is 93.0 Å². The molecule has 0 spiro atoms. The molecule has 1 atom stereocenters. The minimum Gasteiger partial charge on any atom is -0.394 e. The summed E-state index contributed by atoms with van der Waals surface area (Å²) in [6.45, 7) is 3.78. The van der Waals surface area contributed by atoms with E-state index in [1.54, 1.807) is 17.3 Å². The molecule has 8 heteroatoms. The molecule has 0 bridgehead atoms. The van der Waals surface area contributed by atoms with Gasteiger partial charge in [0, 0.05) is 52.2 Å². The van der Waals surface area contributed by atoms with Crippen LogP contribution in [0.4, 0.5) is 0 Å². The summed E-state index contributed by atoms with van der Waals surface area (Å²) in [5, 5.41) is 18.2. The Kier molecular flexibility index (Phi) is 11.8. The third kappa shape index (κ3) is 10.3. The summed E-state index contributed by atoms with van der Waals surface area (Å²) in [6, 6.07) is 11.9. The molecule has 2 aromatic heterocycles. The zero-order valence-electron chi connectivity index (χ0n) is 19.3. The molecule has 0 saturated carbocycles. The first-order chi connectivity index (χ1) is 15.5. The van der Waals surface area contributed by atoms with Gasteiger partial charge in [-0.3, -0.25) is 24.6 Å². The van der Waals surface area contributed by atoms with E-state index < -0.39 is 6.10 Å². The van der Waals surface area contributed by atoms with Gasteiger partial charge < -0.3 is 15.1 Å². The molecule has 1 unspecified atom stereocenters. The zero-order chi connectivity index (χ0) is 23.2. The van der Waals surface area contributed by atoms with Crippen molar-refractivity contribution in [2.24, 2.45) is 0 Å². The van der Waals surface area contributed by atoms with Crippen LogP contribution in [-0.4, -0.2) is 93.8 Å². The molecule has 0 aromatic carbocycles. The van der Waals surface area contributed by atoms with Crippen molar-refractivity contribution in [3.05, 3.63) is 60.2 Å². The number of aliphatic hydroxyl groups is 2. The van der Waals surface area contributed by atoms with E-state index in [0.717, 1.165) is 50.4 Å². The van der Waals surface area contributed by atoms with Crippen molar-refractivity contribution in [3.8, 4) is 0 Å². The maximum Gasteiger partial charge on any atom is 0.236 e. The summed E-state index contributed by atoms with van der Waals surface area (Å²) < 4.78 is 0. The van der Waals surface area contributed by atoms with E-state index in [9.17, 15) is 9.90 Å². The first kappa shape index (κ1) is 25.9. The van der Waals surface area contributed by atoms with Gasteiger partial charge in [-0.1, -0.05) is 12.1 Å². The van der Waals surface area contributed by atoms with Crippen LogP contribution in [0.15, 0.2) is 48.8 Å². The Morgan fingerprint density at radius 3 is 2.09 bits per heavy atom. The lowest BCUT2D eigenvalue weighted by Crippen LogP contribution is -2.40. The molecule has 0 saturated heterocycles. The van der Waals surface area contributed by atoms with Crippen LogP contribution >= 0.6 is 0 Å². The number of unbranched alkanes of at least 4 members (excludes halogenated alkanes) is 1. The second-order valence-electron chi connectivity index (χ2n) is 8.24. The number of pyridine rings is 2. The van der Waals surface area contributed by atoms with Crippen molar-refractivity contribution in [1.82, 2.24) is 24.7 Å². The quantitative estimate of drug-likeness (QED) is 0.402.